The number of pyridine rings is 1. The van der Waals surface area contributed by atoms with E-state index in [-0.39, 0.29) is 11.8 Å². The minimum Gasteiger partial charge on any atom is -0.383 e. The zero-order valence-corrected chi connectivity index (χ0v) is 13.6. The molecule has 0 aliphatic heterocycles. The summed E-state index contributed by atoms with van der Waals surface area (Å²) in [5.41, 5.74) is 13.3. The van der Waals surface area contributed by atoms with Gasteiger partial charge in [0.1, 0.15) is 17.5 Å². The van der Waals surface area contributed by atoms with Crippen LogP contribution in [0, 0.1) is 11.6 Å². The Balaban J connectivity index is 2.45. The van der Waals surface area contributed by atoms with E-state index in [1.807, 2.05) is 20.8 Å². The summed E-state index contributed by atoms with van der Waals surface area (Å²) in [6.07, 6.45) is 1.53. The molecule has 0 amide bonds. The molecule has 0 bridgehead atoms. The van der Waals surface area contributed by atoms with Gasteiger partial charge in [-0.1, -0.05) is 20.8 Å². The summed E-state index contributed by atoms with van der Waals surface area (Å²) in [6, 6.07) is 3.35. The molecule has 0 radical (unpaired) electrons. The van der Waals surface area contributed by atoms with E-state index < -0.39 is 17.0 Å². The number of nitrogens with zero attached hydrogens (tertiary/aromatic N) is 3. The summed E-state index contributed by atoms with van der Waals surface area (Å²) < 4.78 is 27.3. The van der Waals surface area contributed by atoms with Crippen molar-refractivity contribution in [2.75, 3.05) is 11.5 Å². The van der Waals surface area contributed by atoms with Crippen LogP contribution in [0.25, 0.3) is 22.2 Å². The van der Waals surface area contributed by atoms with E-state index in [9.17, 15) is 8.78 Å². The molecule has 0 spiro atoms. The Kier molecular flexibility index (Phi) is 3.59. The van der Waals surface area contributed by atoms with Gasteiger partial charge in [-0.2, -0.15) is 9.97 Å². The number of hydrogen-bond acceptors (Lipinski definition) is 5. The van der Waals surface area contributed by atoms with Gasteiger partial charge in [0.2, 0.25) is 5.95 Å². The number of benzene rings is 1. The van der Waals surface area contributed by atoms with Crippen LogP contribution in [0.4, 0.5) is 20.5 Å². The Morgan fingerprint density at radius 3 is 2.17 bits per heavy atom. The van der Waals surface area contributed by atoms with Crippen LogP contribution in [0.1, 0.15) is 26.3 Å². The van der Waals surface area contributed by atoms with Gasteiger partial charge in [0.05, 0.1) is 5.39 Å². The van der Waals surface area contributed by atoms with Crippen LogP contribution in [0.5, 0.6) is 0 Å². The number of nitrogens with two attached hydrogens (primary N) is 2. The summed E-state index contributed by atoms with van der Waals surface area (Å²) in [5.74, 6) is -1.11. The fourth-order valence-electron chi connectivity index (χ4n) is 2.85. The molecule has 0 fully saturated rings. The number of nitrogen functional groups attached to an aromatic ring is 2. The van der Waals surface area contributed by atoms with Crippen molar-refractivity contribution in [1.29, 1.82) is 0 Å². The first-order chi connectivity index (χ1) is 11.2. The number of rotatable bonds is 1. The molecule has 124 valence electrons. The summed E-state index contributed by atoms with van der Waals surface area (Å²) in [7, 11) is 0. The highest BCUT2D eigenvalue weighted by atomic mass is 19.1. The number of hydrogen-bond donors (Lipinski definition) is 2. The van der Waals surface area contributed by atoms with Gasteiger partial charge in [-0.3, -0.25) is 0 Å². The SMILES string of the molecule is CC(C)(C)c1c(-c2cc(F)cc(F)c2)cnc2nc(N)nc(N)c12. The number of halogens is 2. The molecule has 2 heterocycles. The van der Waals surface area contributed by atoms with Crippen LogP contribution in [0.15, 0.2) is 24.4 Å². The summed E-state index contributed by atoms with van der Waals surface area (Å²) in [6.45, 7) is 5.91. The van der Waals surface area contributed by atoms with Gasteiger partial charge in [0.25, 0.3) is 0 Å². The molecule has 5 nitrogen and oxygen atoms in total. The molecule has 0 saturated heterocycles. The maximum atomic E-state index is 13.7. The van der Waals surface area contributed by atoms with Gasteiger partial charge >= 0.3 is 0 Å². The lowest BCUT2D eigenvalue weighted by Crippen LogP contribution is -2.16. The zero-order chi connectivity index (χ0) is 17.6. The van der Waals surface area contributed by atoms with E-state index in [4.69, 9.17) is 11.5 Å². The van der Waals surface area contributed by atoms with Crippen LogP contribution in [0.2, 0.25) is 0 Å². The van der Waals surface area contributed by atoms with Crippen molar-refractivity contribution in [1.82, 2.24) is 15.0 Å². The fourth-order valence-corrected chi connectivity index (χ4v) is 2.85. The average molecular weight is 329 g/mol. The van der Waals surface area contributed by atoms with Gasteiger partial charge in [0, 0.05) is 17.8 Å². The maximum Gasteiger partial charge on any atom is 0.224 e. The second-order valence-corrected chi connectivity index (χ2v) is 6.62. The Labute approximate surface area is 137 Å². The molecule has 0 atom stereocenters. The molecular formula is C17H17F2N5. The van der Waals surface area contributed by atoms with Gasteiger partial charge in [-0.25, -0.2) is 13.8 Å². The smallest absolute Gasteiger partial charge is 0.224 e. The monoisotopic (exact) mass is 329 g/mol. The Hall–Kier alpha value is -2.83. The second kappa shape index (κ2) is 5.36. The molecule has 24 heavy (non-hydrogen) atoms. The summed E-state index contributed by atoms with van der Waals surface area (Å²) in [4.78, 5) is 12.4. The molecular weight excluding hydrogens is 312 g/mol. The first kappa shape index (κ1) is 16.0. The normalized spacial score (nSPS) is 11.9. The number of aromatic nitrogens is 3. The topological polar surface area (TPSA) is 90.7 Å². The second-order valence-electron chi connectivity index (χ2n) is 6.62. The van der Waals surface area contributed by atoms with E-state index in [0.29, 0.717) is 22.2 Å². The van der Waals surface area contributed by atoms with Gasteiger partial charge in [-0.15, -0.1) is 0 Å². The minimum absolute atomic E-state index is 0.0249. The standard InChI is InChI=1S/C17H17F2N5/c1-17(2,3)13-11(8-4-9(18)6-10(19)5-8)7-22-15-12(13)14(20)23-16(21)24-15/h4-7H,1-3H3,(H4,20,21,22,23,24). The van der Waals surface area contributed by atoms with Crippen LogP contribution in [-0.4, -0.2) is 15.0 Å². The lowest BCUT2D eigenvalue weighted by Gasteiger charge is -2.25. The molecule has 4 N–H and O–H groups in total. The maximum absolute atomic E-state index is 13.7. The third-order valence-corrected chi connectivity index (χ3v) is 3.69. The van der Waals surface area contributed by atoms with E-state index in [1.165, 1.54) is 18.3 Å². The van der Waals surface area contributed by atoms with Crippen molar-refractivity contribution in [3.63, 3.8) is 0 Å². The van der Waals surface area contributed by atoms with Gasteiger partial charge in [-0.05, 0) is 28.7 Å². The summed E-state index contributed by atoms with van der Waals surface area (Å²) >= 11 is 0. The third kappa shape index (κ3) is 2.73. The van der Waals surface area contributed by atoms with Crippen molar-refractivity contribution in [2.45, 2.75) is 26.2 Å². The Bertz CT molecular complexity index is 928. The lowest BCUT2D eigenvalue weighted by molar-refractivity contribution is 0.582. The van der Waals surface area contributed by atoms with E-state index in [2.05, 4.69) is 15.0 Å². The molecule has 0 aliphatic carbocycles. The van der Waals surface area contributed by atoms with Crippen molar-refractivity contribution in [3.8, 4) is 11.1 Å². The highest BCUT2D eigenvalue weighted by Crippen LogP contribution is 2.39. The quantitative estimate of drug-likeness (QED) is 0.714. The third-order valence-electron chi connectivity index (χ3n) is 3.69. The zero-order valence-electron chi connectivity index (χ0n) is 13.6. The molecule has 0 aliphatic rings. The fraction of sp³-hybridized carbons (Fsp3) is 0.235. The van der Waals surface area contributed by atoms with Crippen LogP contribution < -0.4 is 11.5 Å². The average Bonchev–Trinajstić information content (AvgIpc) is 2.43. The molecule has 0 unspecified atom stereocenters. The van der Waals surface area contributed by atoms with Crippen molar-refractivity contribution < 1.29 is 8.78 Å². The largest absolute Gasteiger partial charge is 0.383 e. The minimum atomic E-state index is -0.661. The highest BCUT2D eigenvalue weighted by Gasteiger charge is 2.25. The van der Waals surface area contributed by atoms with Crippen LogP contribution in [0.3, 0.4) is 0 Å². The Morgan fingerprint density at radius 2 is 1.58 bits per heavy atom. The molecule has 3 rings (SSSR count). The van der Waals surface area contributed by atoms with E-state index >= 15 is 0 Å². The predicted octanol–water partition coefficient (Wildman–Crippen LogP) is 3.43. The van der Waals surface area contributed by atoms with Crippen LogP contribution >= 0.6 is 0 Å². The lowest BCUT2D eigenvalue weighted by atomic mass is 9.80. The Morgan fingerprint density at radius 1 is 0.958 bits per heavy atom. The van der Waals surface area contributed by atoms with Crippen molar-refractivity contribution in [3.05, 3.63) is 41.6 Å². The van der Waals surface area contributed by atoms with E-state index in [1.54, 1.807) is 0 Å². The van der Waals surface area contributed by atoms with Crippen molar-refractivity contribution in [2.24, 2.45) is 0 Å². The first-order valence-electron chi connectivity index (χ1n) is 7.35. The van der Waals surface area contributed by atoms with Crippen molar-refractivity contribution >= 4 is 22.8 Å². The number of fused-ring (bicyclic) bond motifs is 1. The highest BCUT2D eigenvalue weighted by molar-refractivity contribution is 5.95. The summed E-state index contributed by atoms with van der Waals surface area (Å²) in [5, 5.41) is 0.541. The van der Waals surface area contributed by atoms with E-state index in [0.717, 1.165) is 11.6 Å². The first-order valence-corrected chi connectivity index (χ1v) is 7.35. The van der Waals surface area contributed by atoms with Gasteiger partial charge < -0.3 is 11.5 Å². The molecule has 3 aromatic rings. The molecule has 2 aromatic heterocycles. The molecule has 1 aromatic carbocycles. The molecule has 0 saturated carbocycles. The predicted molar refractivity (Wildman–Crippen MR) is 90.2 cm³/mol. The molecule has 7 heteroatoms. The number of anilines is 2. The van der Waals surface area contributed by atoms with Crippen LogP contribution in [-0.2, 0) is 5.41 Å². The van der Waals surface area contributed by atoms with Gasteiger partial charge in [0.15, 0.2) is 5.65 Å².